The Bertz CT molecular complexity index is 968. The Balaban J connectivity index is 1.77. The molecule has 3 aromatic rings. The minimum atomic E-state index is 0.0842. The predicted octanol–water partition coefficient (Wildman–Crippen LogP) is 6.58. The number of anilines is 1. The number of methoxy groups -OCH3 is 1. The molecule has 4 rings (SSSR count). The summed E-state index contributed by atoms with van der Waals surface area (Å²) in [5, 5.41) is 7.08. The lowest BCUT2D eigenvalue weighted by molar-refractivity contribution is 0.405. The van der Waals surface area contributed by atoms with Crippen LogP contribution < -0.4 is 9.75 Å². The van der Waals surface area contributed by atoms with Crippen LogP contribution in [0, 0.1) is 0 Å². The molecule has 1 aliphatic rings. The van der Waals surface area contributed by atoms with Gasteiger partial charge in [0.25, 0.3) is 0 Å². The van der Waals surface area contributed by atoms with Gasteiger partial charge in [0.15, 0.2) is 0 Å². The normalized spacial score (nSPS) is 16.3. The summed E-state index contributed by atoms with van der Waals surface area (Å²) in [5.74, 6) is 0.886. The molecule has 0 radical (unpaired) electrons. The van der Waals surface area contributed by atoms with E-state index in [0.717, 1.165) is 43.6 Å². The third kappa shape index (κ3) is 3.80. The molecule has 0 fully saturated rings. The fourth-order valence-corrected chi connectivity index (χ4v) is 3.87. The molecule has 3 aromatic carbocycles. The van der Waals surface area contributed by atoms with Crippen LogP contribution in [-0.4, -0.2) is 12.8 Å². The first-order chi connectivity index (χ1) is 13.2. The minimum absolute atomic E-state index is 0.0842. The van der Waals surface area contributed by atoms with E-state index < -0.39 is 0 Å². The van der Waals surface area contributed by atoms with E-state index in [1.54, 1.807) is 7.11 Å². The zero-order valence-electron chi connectivity index (χ0n) is 14.8. The van der Waals surface area contributed by atoms with Crippen LogP contribution in [0.2, 0.25) is 0 Å². The number of hydrogen-bond donors (Lipinski definition) is 0. The topological polar surface area (TPSA) is 24.8 Å². The van der Waals surface area contributed by atoms with E-state index in [1.165, 1.54) is 0 Å². The van der Waals surface area contributed by atoms with Gasteiger partial charge in [0.2, 0.25) is 0 Å². The van der Waals surface area contributed by atoms with E-state index in [4.69, 9.17) is 9.84 Å². The molecular weight excluding hydrogens is 468 g/mol. The van der Waals surface area contributed by atoms with Crippen molar-refractivity contribution >= 4 is 43.3 Å². The van der Waals surface area contributed by atoms with Crippen molar-refractivity contribution in [2.75, 3.05) is 12.1 Å². The van der Waals surface area contributed by atoms with Crippen molar-refractivity contribution in [1.29, 1.82) is 0 Å². The number of nitrogens with zero attached hydrogens (tertiary/aromatic N) is 2. The Labute approximate surface area is 175 Å². The smallest absolute Gasteiger partial charge is 0.124 e. The molecule has 27 heavy (non-hydrogen) atoms. The van der Waals surface area contributed by atoms with E-state index >= 15 is 0 Å². The van der Waals surface area contributed by atoms with Gasteiger partial charge in [-0.05, 0) is 48.0 Å². The molecule has 0 saturated heterocycles. The number of hydrogen-bond acceptors (Lipinski definition) is 3. The van der Waals surface area contributed by atoms with Crippen LogP contribution in [-0.2, 0) is 0 Å². The second kappa shape index (κ2) is 7.87. The summed E-state index contributed by atoms with van der Waals surface area (Å²) < 4.78 is 7.74. The molecule has 0 aromatic heterocycles. The average molecular weight is 486 g/mol. The van der Waals surface area contributed by atoms with Crippen LogP contribution in [0.15, 0.2) is 86.8 Å². The lowest BCUT2D eigenvalue weighted by Gasteiger charge is -2.25. The molecule has 1 atom stereocenters. The van der Waals surface area contributed by atoms with Gasteiger partial charge in [-0.25, -0.2) is 0 Å². The van der Waals surface area contributed by atoms with Crippen molar-refractivity contribution in [3.63, 3.8) is 0 Å². The predicted molar refractivity (Wildman–Crippen MR) is 118 cm³/mol. The van der Waals surface area contributed by atoms with Gasteiger partial charge in [0.05, 0.1) is 24.6 Å². The molecule has 0 amide bonds. The molecule has 1 aliphatic heterocycles. The number of hydrazone groups is 1. The van der Waals surface area contributed by atoms with Gasteiger partial charge in [-0.1, -0.05) is 62.2 Å². The van der Waals surface area contributed by atoms with Crippen molar-refractivity contribution in [1.82, 2.24) is 0 Å². The number of para-hydroxylation sites is 1. The fraction of sp³-hybridized carbons (Fsp3) is 0.136. The minimum Gasteiger partial charge on any atom is -0.496 e. The third-order valence-electron chi connectivity index (χ3n) is 4.68. The van der Waals surface area contributed by atoms with Crippen molar-refractivity contribution in [2.24, 2.45) is 5.10 Å². The molecule has 0 bridgehead atoms. The lowest BCUT2D eigenvalue weighted by atomic mass is 9.97. The van der Waals surface area contributed by atoms with Gasteiger partial charge >= 0.3 is 0 Å². The Kier molecular flexibility index (Phi) is 5.32. The third-order valence-corrected chi connectivity index (χ3v) is 5.73. The number of rotatable bonds is 4. The highest BCUT2D eigenvalue weighted by molar-refractivity contribution is 9.10. The first-order valence-corrected chi connectivity index (χ1v) is 10.3. The molecule has 1 unspecified atom stereocenters. The molecule has 1 heterocycles. The first-order valence-electron chi connectivity index (χ1n) is 8.67. The fourth-order valence-electron chi connectivity index (χ4n) is 3.34. The van der Waals surface area contributed by atoms with Crippen molar-refractivity contribution in [3.8, 4) is 5.75 Å². The molecule has 136 valence electrons. The SMILES string of the molecule is COc1ccccc1C1CC(c2ccc(Br)cc2)=NN1c1ccc(Br)cc1. The summed E-state index contributed by atoms with van der Waals surface area (Å²) in [7, 11) is 1.72. The Morgan fingerprint density at radius 3 is 2.19 bits per heavy atom. The Morgan fingerprint density at radius 1 is 0.889 bits per heavy atom. The standard InChI is InChI=1S/C22H18Br2N2O/c1-27-22-5-3-2-4-19(22)21-14-20(15-6-8-16(23)9-7-15)25-26(21)18-12-10-17(24)11-13-18/h2-13,21H,14H2,1H3. The zero-order chi connectivity index (χ0) is 18.8. The highest BCUT2D eigenvalue weighted by atomic mass is 79.9. The van der Waals surface area contributed by atoms with Crippen LogP contribution >= 0.6 is 31.9 Å². The molecule has 0 saturated carbocycles. The Morgan fingerprint density at radius 2 is 1.52 bits per heavy atom. The van der Waals surface area contributed by atoms with Crippen LogP contribution in [0.3, 0.4) is 0 Å². The van der Waals surface area contributed by atoms with E-state index in [-0.39, 0.29) is 6.04 Å². The monoisotopic (exact) mass is 484 g/mol. The number of benzene rings is 3. The molecule has 0 spiro atoms. The van der Waals surface area contributed by atoms with E-state index in [9.17, 15) is 0 Å². The van der Waals surface area contributed by atoms with Crippen LogP contribution in [0.5, 0.6) is 5.75 Å². The largest absolute Gasteiger partial charge is 0.496 e. The summed E-state index contributed by atoms with van der Waals surface area (Å²) in [6.45, 7) is 0. The zero-order valence-corrected chi connectivity index (χ0v) is 17.9. The highest BCUT2D eigenvalue weighted by Crippen LogP contribution is 2.40. The number of ether oxygens (including phenoxy) is 1. The molecule has 0 N–H and O–H groups in total. The summed E-state index contributed by atoms with van der Waals surface area (Å²) in [6.07, 6.45) is 0.818. The van der Waals surface area contributed by atoms with Crippen LogP contribution in [0.4, 0.5) is 5.69 Å². The van der Waals surface area contributed by atoms with Gasteiger partial charge in [-0.15, -0.1) is 0 Å². The second-order valence-corrected chi connectivity index (χ2v) is 8.17. The maximum atomic E-state index is 5.63. The van der Waals surface area contributed by atoms with Gasteiger partial charge in [0, 0.05) is 20.9 Å². The van der Waals surface area contributed by atoms with E-state index in [2.05, 4.69) is 85.4 Å². The molecular formula is C22H18Br2N2O. The van der Waals surface area contributed by atoms with E-state index in [1.807, 2.05) is 24.3 Å². The van der Waals surface area contributed by atoms with Gasteiger partial charge < -0.3 is 4.74 Å². The summed E-state index contributed by atoms with van der Waals surface area (Å²) in [5.41, 5.74) is 4.40. The second-order valence-electron chi connectivity index (χ2n) is 6.34. The number of halogens is 2. The van der Waals surface area contributed by atoms with Crippen LogP contribution in [0.25, 0.3) is 0 Å². The van der Waals surface area contributed by atoms with Crippen LogP contribution in [0.1, 0.15) is 23.6 Å². The highest BCUT2D eigenvalue weighted by Gasteiger charge is 2.31. The van der Waals surface area contributed by atoms with Gasteiger partial charge in [0.1, 0.15) is 5.75 Å². The molecule has 3 nitrogen and oxygen atoms in total. The quantitative estimate of drug-likeness (QED) is 0.417. The van der Waals surface area contributed by atoms with Crippen molar-refractivity contribution in [3.05, 3.63) is 92.9 Å². The van der Waals surface area contributed by atoms with Gasteiger partial charge in [-0.3, -0.25) is 5.01 Å². The van der Waals surface area contributed by atoms with Crippen molar-refractivity contribution in [2.45, 2.75) is 12.5 Å². The maximum Gasteiger partial charge on any atom is 0.124 e. The van der Waals surface area contributed by atoms with Crippen molar-refractivity contribution < 1.29 is 4.74 Å². The van der Waals surface area contributed by atoms with Gasteiger partial charge in [-0.2, -0.15) is 5.10 Å². The summed E-state index contributed by atoms with van der Waals surface area (Å²) in [4.78, 5) is 0. The lowest BCUT2D eigenvalue weighted by Crippen LogP contribution is -2.19. The maximum absolute atomic E-state index is 5.63. The molecule has 5 heteroatoms. The van der Waals surface area contributed by atoms with E-state index in [0.29, 0.717) is 0 Å². The first kappa shape index (κ1) is 18.3. The average Bonchev–Trinajstić information content (AvgIpc) is 3.14. The molecule has 0 aliphatic carbocycles. The summed E-state index contributed by atoms with van der Waals surface area (Å²) >= 11 is 7.02. The Hall–Kier alpha value is -2.11. The summed E-state index contributed by atoms with van der Waals surface area (Å²) in [6, 6.07) is 24.8.